The third-order valence-electron chi connectivity index (χ3n) is 5.26. The first-order valence-corrected chi connectivity index (χ1v) is 11.3. The molecule has 4 heteroatoms. The molecule has 31 heavy (non-hydrogen) atoms. The van der Waals surface area contributed by atoms with Crippen LogP contribution in [0.15, 0.2) is 102 Å². The zero-order chi connectivity index (χ0) is 21.3. The highest BCUT2D eigenvalue weighted by molar-refractivity contribution is 9.10. The van der Waals surface area contributed by atoms with Crippen LogP contribution in [0.2, 0.25) is 0 Å². The van der Waals surface area contributed by atoms with Gasteiger partial charge in [0.05, 0.1) is 0 Å². The molecule has 0 spiro atoms. The van der Waals surface area contributed by atoms with Gasteiger partial charge < -0.3 is 10.6 Å². The average Bonchev–Trinajstić information content (AvgIpc) is 2.82. The molecule has 156 valence electrons. The standard InChI is InChI=1S/C27H26BrN3/c28-25-11-9-22(10-12-25)26(21-5-2-1-3-6-21)13-15-29-17-18-31-20-24-8-4-7-23-19-30-16-14-27(23)24/h1-14,16,19,29,31H,15,17-18,20H2/b26-13-. The number of pyridine rings is 1. The third kappa shape index (κ3) is 5.88. The number of fused-ring (bicyclic) bond motifs is 1. The van der Waals surface area contributed by atoms with Gasteiger partial charge in [0.15, 0.2) is 0 Å². The van der Waals surface area contributed by atoms with Gasteiger partial charge in [0.2, 0.25) is 0 Å². The molecule has 0 atom stereocenters. The Hall–Kier alpha value is -2.79. The molecule has 0 saturated heterocycles. The quantitative estimate of drug-likeness (QED) is 0.302. The fourth-order valence-electron chi connectivity index (χ4n) is 3.67. The van der Waals surface area contributed by atoms with E-state index in [2.05, 4.69) is 116 Å². The van der Waals surface area contributed by atoms with Gasteiger partial charge in [-0.25, -0.2) is 0 Å². The van der Waals surface area contributed by atoms with E-state index in [-0.39, 0.29) is 0 Å². The van der Waals surface area contributed by atoms with Crippen LogP contribution in [-0.2, 0) is 6.54 Å². The Labute approximate surface area is 192 Å². The lowest BCUT2D eigenvalue weighted by molar-refractivity contribution is 0.637. The van der Waals surface area contributed by atoms with Crippen LogP contribution >= 0.6 is 15.9 Å². The lowest BCUT2D eigenvalue weighted by atomic mass is 9.97. The molecule has 3 nitrogen and oxygen atoms in total. The first-order chi connectivity index (χ1) is 15.3. The maximum Gasteiger partial charge on any atom is 0.0346 e. The molecule has 0 aliphatic heterocycles. The predicted molar refractivity (Wildman–Crippen MR) is 134 cm³/mol. The van der Waals surface area contributed by atoms with Gasteiger partial charge in [0.1, 0.15) is 0 Å². The van der Waals surface area contributed by atoms with E-state index >= 15 is 0 Å². The summed E-state index contributed by atoms with van der Waals surface area (Å²) in [6.07, 6.45) is 6.05. The lowest BCUT2D eigenvalue weighted by Crippen LogP contribution is -2.27. The number of hydrogen-bond acceptors (Lipinski definition) is 3. The van der Waals surface area contributed by atoms with Crippen molar-refractivity contribution in [3.05, 3.63) is 118 Å². The van der Waals surface area contributed by atoms with Gasteiger partial charge in [0, 0.05) is 48.4 Å². The van der Waals surface area contributed by atoms with Gasteiger partial charge in [0.25, 0.3) is 0 Å². The number of nitrogens with one attached hydrogen (secondary N) is 2. The number of aromatic nitrogens is 1. The molecule has 2 N–H and O–H groups in total. The summed E-state index contributed by atoms with van der Waals surface area (Å²) >= 11 is 3.53. The largest absolute Gasteiger partial charge is 0.312 e. The fraction of sp³-hybridized carbons (Fsp3) is 0.148. The van der Waals surface area contributed by atoms with E-state index in [0.29, 0.717) is 0 Å². The molecule has 0 bridgehead atoms. The Balaban J connectivity index is 1.31. The molecule has 0 fully saturated rings. The second kappa shape index (κ2) is 11.0. The van der Waals surface area contributed by atoms with Crippen LogP contribution in [0.4, 0.5) is 0 Å². The Bertz CT molecular complexity index is 1130. The minimum atomic E-state index is 0.821. The first-order valence-electron chi connectivity index (χ1n) is 10.6. The van der Waals surface area contributed by atoms with Gasteiger partial charge in [-0.2, -0.15) is 0 Å². The molecule has 0 radical (unpaired) electrons. The molecule has 1 heterocycles. The summed E-state index contributed by atoms with van der Waals surface area (Å²) in [4.78, 5) is 4.21. The molecule has 3 aromatic carbocycles. The molecular formula is C27H26BrN3. The molecule has 0 amide bonds. The van der Waals surface area contributed by atoms with Gasteiger partial charge >= 0.3 is 0 Å². The van der Waals surface area contributed by atoms with E-state index in [1.165, 1.54) is 33.0 Å². The highest BCUT2D eigenvalue weighted by atomic mass is 79.9. The number of halogens is 1. The van der Waals surface area contributed by atoms with E-state index in [1.54, 1.807) is 0 Å². The maximum atomic E-state index is 4.21. The van der Waals surface area contributed by atoms with Crippen molar-refractivity contribution in [1.29, 1.82) is 0 Å². The van der Waals surface area contributed by atoms with Crippen LogP contribution in [-0.4, -0.2) is 24.6 Å². The van der Waals surface area contributed by atoms with E-state index < -0.39 is 0 Å². The second-order valence-electron chi connectivity index (χ2n) is 7.39. The second-order valence-corrected chi connectivity index (χ2v) is 8.30. The van der Waals surface area contributed by atoms with Crippen molar-refractivity contribution in [2.24, 2.45) is 0 Å². The van der Waals surface area contributed by atoms with Crippen LogP contribution < -0.4 is 10.6 Å². The SMILES string of the molecule is Brc1ccc(/C(=C\CNCCNCc2cccc3cnccc23)c2ccccc2)cc1. The average molecular weight is 472 g/mol. The molecule has 4 aromatic rings. The zero-order valence-electron chi connectivity index (χ0n) is 17.4. The lowest BCUT2D eigenvalue weighted by Gasteiger charge is -2.11. The summed E-state index contributed by atoms with van der Waals surface area (Å²) in [5, 5.41) is 9.53. The summed E-state index contributed by atoms with van der Waals surface area (Å²) in [5.74, 6) is 0. The summed E-state index contributed by atoms with van der Waals surface area (Å²) in [6, 6.07) is 27.5. The molecule has 4 rings (SSSR count). The first kappa shape index (κ1) is 21.4. The number of hydrogen-bond donors (Lipinski definition) is 2. The highest BCUT2D eigenvalue weighted by Gasteiger charge is 2.04. The van der Waals surface area contributed by atoms with Crippen molar-refractivity contribution in [2.45, 2.75) is 6.54 Å². The number of nitrogens with zero attached hydrogens (tertiary/aromatic N) is 1. The minimum Gasteiger partial charge on any atom is -0.312 e. The van der Waals surface area contributed by atoms with Crippen LogP contribution in [0, 0.1) is 0 Å². The Morgan fingerprint density at radius 1 is 0.806 bits per heavy atom. The van der Waals surface area contributed by atoms with Gasteiger partial charge in [-0.1, -0.05) is 82.7 Å². The number of rotatable bonds is 9. The van der Waals surface area contributed by atoms with E-state index in [4.69, 9.17) is 0 Å². The van der Waals surface area contributed by atoms with Crippen LogP contribution in [0.3, 0.4) is 0 Å². The predicted octanol–water partition coefficient (Wildman–Crippen LogP) is 5.81. The van der Waals surface area contributed by atoms with Crippen LogP contribution in [0.1, 0.15) is 16.7 Å². The maximum absolute atomic E-state index is 4.21. The molecule has 1 aromatic heterocycles. The topological polar surface area (TPSA) is 37.0 Å². The smallest absolute Gasteiger partial charge is 0.0346 e. The molecule has 0 unspecified atom stereocenters. The number of benzene rings is 3. The van der Waals surface area contributed by atoms with E-state index in [0.717, 1.165) is 30.7 Å². The van der Waals surface area contributed by atoms with Crippen molar-refractivity contribution in [2.75, 3.05) is 19.6 Å². The van der Waals surface area contributed by atoms with Crippen LogP contribution in [0.5, 0.6) is 0 Å². The third-order valence-corrected chi connectivity index (χ3v) is 5.78. The van der Waals surface area contributed by atoms with Gasteiger partial charge in [-0.3, -0.25) is 4.98 Å². The summed E-state index contributed by atoms with van der Waals surface area (Å²) in [6.45, 7) is 3.49. The van der Waals surface area contributed by atoms with Crippen molar-refractivity contribution in [3.8, 4) is 0 Å². The molecule has 0 saturated carbocycles. The minimum absolute atomic E-state index is 0.821. The highest BCUT2D eigenvalue weighted by Crippen LogP contribution is 2.24. The molecular weight excluding hydrogens is 446 g/mol. The Kier molecular flexibility index (Phi) is 7.61. The fourth-order valence-corrected chi connectivity index (χ4v) is 3.93. The van der Waals surface area contributed by atoms with Gasteiger partial charge in [-0.05, 0) is 45.8 Å². The molecule has 0 aliphatic rings. The Morgan fingerprint density at radius 3 is 2.42 bits per heavy atom. The van der Waals surface area contributed by atoms with Crippen molar-refractivity contribution < 1.29 is 0 Å². The van der Waals surface area contributed by atoms with E-state index in [9.17, 15) is 0 Å². The van der Waals surface area contributed by atoms with Gasteiger partial charge in [-0.15, -0.1) is 0 Å². The Morgan fingerprint density at radius 2 is 1.58 bits per heavy atom. The van der Waals surface area contributed by atoms with Crippen molar-refractivity contribution in [1.82, 2.24) is 15.6 Å². The van der Waals surface area contributed by atoms with Crippen molar-refractivity contribution in [3.63, 3.8) is 0 Å². The molecule has 0 aliphatic carbocycles. The van der Waals surface area contributed by atoms with E-state index in [1.807, 2.05) is 12.4 Å². The zero-order valence-corrected chi connectivity index (χ0v) is 19.0. The van der Waals surface area contributed by atoms with Crippen molar-refractivity contribution >= 4 is 32.3 Å². The monoisotopic (exact) mass is 471 g/mol. The normalized spacial score (nSPS) is 11.7. The summed E-state index contributed by atoms with van der Waals surface area (Å²) in [5.41, 5.74) is 5.01. The van der Waals surface area contributed by atoms with Crippen LogP contribution in [0.25, 0.3) is 16.3 Å². The summed E-state index contributed by atoms with van der Waals surface area (Å²) in [7, 11) is 0. The summed E-state index contributed by atoms with van der Waals surface area (Å²) < 4.78 is 1.09.